The van der Waals surface area contributed by atoms with Crippen LogP contribution in [0.3, 0.4) is 0 Å². The van der Waals surface area contributed by atoms with Crippen molar-refractivity contribution in [2.24, 2.45) is 0 Å². The van der Waals surface area contributed by atoms with Gasteiger partial charge in [-0.1, -0.05) is 71.2 Å². The van der Waals surface area contributed by atoms with Gasteiger partial charge in [0.25, 0.3) is 11.1 Å². The number of rotatable bonds is 9. The standard InChI is InChI=1S/C27H22Cl3NO4S/c1-34-23-14-19(13-22(30)25(23)35-16-18-9-10-20(28)21(29)12-18)15-24-26(32)31(27(33)36-24)11-5-8-17-6-3-2-4-7-17/h2-4,6-7,9-10,12-15H,5,8,11,16H2,1H3/b24-15+. The number of hydrogen-bond acceptors (Lipinski definition) is 5. The molecule has 0 bridgehead atoms. The second-order valence-corrected chi connectivity index (χ2v) is 10.2. The van der Waals surface area contributed by atoms with Gasteiger partial charge in [-0.05, 0) is 71.6 Å². The van der Waals surface area contributed by atoms with Gasteiger partial charge in [-0.15, -0.1) is 0 Å². The number of thioether (sulfide) groups is 1. The van der Waals surface area contributed by atoms with Gasteiger partial charge >= 0.3 is 0 Å². The average Bonchev–Trinajstić information content (AvgIpc) is 3.13. The third-order valence-corrected chi connectivity index (χ3v) is 7.41. The molecule has 0 radical (unpaired) electrons. The molecule has 36 heavy (non-hydrogen) atoms. The van der Waals surface area contributed by atoms with E-state index in [9.17, 15) is 9.59 Å². The van der Waals surface area contributed by atoms with Gasteiger partial charge in [0, 0.05) is 6.54 Å². The molecule has 3 aromatic carbocycles. The van der Waals surface area contributed by atoms with Crippen LogP contribution in [0.15, 0.2) is 65.6 Å². The summed E-state index contributed by atoms with van der Waals surface area (Å²) in [5, 5.41) is 0.919. The van der Waals surface area contributed by atoms with Gasteiger partial charge in [-0.3, -0.25) is 14.5 Å². The second kappa shape index (κ2) is 12.1. The molecule has 1 saturated heterocycles. The first-order chi connectivity index (χ1) is 17.4. The predicted octanol–water partition coefficient (Wildman–Crippen LogP) is 7.90. The number of nitrogens with zero attached hydrogens (tertiary/aromatic N) is 1. The summed E-state index contributed by atoms with van der Waals surface area (Å²) >= 11 is 19.4. The van der Waals surface area contributed by atoms with E-state index in [2.05, 4.69) is 0 Å². The molecule has 5 nitrogen and oxygen atoms in total. The molecule has 0 unspecified atom stereocenters. The van der Waals surface area contributed by atoms with E-state index in [4.69, 9.17) is 44.3 Å². The molecule has 3 aromatic rings. The Kier molecular flexibility index (Phi) is 8.86. The largest absolute Gasteiger partial charge is 0.493 e. The lowest BCUT2D eigenvalue weighted by Gasteiger charge is -2.14. The van der Waals surface area contributed by atoms with Crippen LogP contribution in [0.2, 0.25) is 15.1 Å². The Morgan fingerprint density at radius 1 is 0.917 bits per heavy atom. The zero-order valence-electron chi connectivity index (χ0n) is 19.3. The number of carbonyl (C=O) groups is 2. The number of benzene rings is 3. The number of aryl methyl sites for hydroxylation is 1. The Morgan fingerprint density at radius 2 is 1.69 bits per heavy atom. The van der Waals surface area contributed by atoms with Gasteiger partial charge in [0.05, 0.1) is 27.1 Å². The van der Waals surface area contributed by atoms with Crippen molar-refractivity contribution >= 4 is 63.8 Å². The van der Waals surface area contributed by atoms with Crippen molar-refractivity contribution < 1.29 is 19.1 Å². The topological polar surface area (TPSA) is 55.8 Å². The summed E-state index contributed by atoms with van der Waals surface area (Å²) in [6.07, 6.45) is 3.12. The molecule has 1 fully saturated rings. The van der Waals surface area contributed by atoms with Crippen LogP contribution in [0.4, 0.5) is 4.79 Å². The fourth-order valence-electron chi connectivity index (χ4n) is 3.68. The van der Waals surface area contributed by atoms with Crippen molar-refractivity contribution in [1.82, 2.24) is 4.90 Å². The van der Waals surface area contributed by atoms with Gasteiger partial charge in [-0.25, -0.2) is 0 Å². The molecular formula is C27H22Cl3NO4S. The molecule has 186 valence electrons. The lowest BCUT2D eigenvalue weighted by molar-refractivity contribution is -0.122. The lowest BCUT2D eigenvalue weighted by Crippen LogP contribution is -2.29. The van der Waals surface area contributed by atoms with Crippen LogP contribution in [-0.2, 0) is 17.8 Å². The Hall–Kier alpha value is -2.64. The highest BCUT2D eigenvalue weighted by Crippen LogP contribution is 2.39. The Morgan fingerprint density at radius 3 is 2.42 bits per heavy atom. The summed E-state index contributed by atoms with van der Waals surface area (Å²) < 4.78 is 11.4. The normalized spacial score (nSPS) is 14.6. The molecule has 4 rings (SSSR count). The fraction of sp³-hybridized carbons (Fsp3) is 0.185. The first-order valence-corrected chi connectivity index (χ1v) is 13.0. The third-order valence-electron chi connectivity index (χ3n) is 5.48. The monoisotopic (exact) mass is 561 g/mol. The van der Waals surface area contributed by atoms with Crippen molar-refractivity contribution in [3.8, 4) is 11.5 Å². The molecule has 2 amide bonds. The van der Waals surface area contributed by atoms with Crippen molar-refractivity contribution in [1.29, 1.82) is 0 Å². The van der Waals surface area contributed by atoms with Crippen LogP contribution < -0.4 is 9.47 Å². The maximum absolute atomic E-state index is 12.9. The minimum Gasteiger partial charge on any atom is -0.493 e. The highest BCUT2D eigenvalue weighted by molar-refractivity contribution is 8.18. The van der Waals surface area contributed by atoms with Crippen molar-refractivity contribution in [2.45, 2.75) is 19.4 Å². The van der Waals surface area contributed by atoms with Gasteiger partial charge < -0.3 is 9.47 Å². The third kappa shape index (κ3) is 6.37. The zero-order chi connectivity index (χ0) is 25.7. The first kappa shape index (κ1) is 26.4. The summed E-state index contributed by atoms with van der Waals surface area (Å²) in [7, 11) is 1.50. The number of ether oxygens (including phenoxy) is 2. The van der Waals surface area contributed by atoms with Gasteiger partial charge in [0.2, 0.25) is 0 Å². The minimum absolute atomic E-state index is 0.203. The molecule has 0 spiro atoms. The average molecular weight is 563 g/mol. The minimum atomic E-state index is -0.312. The number of methoxy groups -OCH3 is 1. The van der Waals surface area contributed by atoms with Gasteiger partial charge in [0.1, 0.15) is 6.61 Å². The smallest absolute Gasteiger partial charge is 0.293 e. The lowest BCUT2D eigenvalue weighted by atomic mass is 10.1. The quantitative estimate of drug-likeness (QED) is 0.248. The van der Waals surface area contributed by atoms with E-state index < -0.39 is 0 Å². The molecule has 0 aromatic heterocycles. The predicted molar refractivity (Wildman–Crippen MR) is 146 cm³/mol. The summed E-state index contributed by atoms with van der Waals surface area (Å²) in [5.74, 6) is 0.445. The Labute approximate surface area is 228 Å². The van der Waals surface area contributed by atoms with Crippen molar-refractivity contribution in [3.05, 3.63) is 97.3 Å². The van der Waals surface area contributed by atoms with Crippen LogP contribution in [0.1, 0.15) is 23.1 Å². The maximum Gasteiger partial charge on any atom is 0.293 e. The number of halogens is 3. The summed E-state index contributed by atoms with van der Waals surface area (Å²) in [4.78, 5) is 27.0. The molecule has 0 N–H and O–H groups in total. The maximum atomic E-state index is 12.9. The van der Waals surface area contributed by atoms with E-state index >= 15 is 0 Å². The molecule has 0 atom stereocenters. The molecule has 1 heterocycles. The molecule has 1 aliphatic heterocycles. The molecular weight excluding hydrogens is 541 g/mol. The SMILES string of the molecule is COc1cc(/C=C2/SC(=O)N(CCCc3ccccc3)C2=O)cc(Cl)c1OCc1ccc(Cl)c(Cl)c1. The Balaban J connectivity index is 1.45. The van der Waals surface area contributed by atoms with Crippen molar-refractivity contribution in [3.63, 3.8) is 0 Å². The fourth-order valence-corrected chi connectivity index (χ4v) is 5.14. The van der Waals surface area contributed by atoms with Crippen LogP contribution in [0.25, 0.3) is 6.08 Å². The Bertz CT molecular complexity index is 1310. The van der Waals surface area contributed by atoms with Crippen molar-refractivity contribution in [2.75, 3.05) is 13.7 Å². The van der Waals surface area contributed by atoms with Gasteiger partial charge in [-0.2, -0.15) is 0 Å². The van der Waals surface area contributed by atoms with E-state index in [0.29, 0.717) is 50.0 Å². The second-order valence-electron chi connectivity index (χ2n) is 7.99. The van der Waals surface area contributed by atoms with Crippen LogP contribution in [-0.4, -0.2) is 29.7 Å². The van der Waals surface area contributed by atoms with E-state index in [1.54, 1.807) is 36.4 Å². The number of imide groups is 1. The van der Waals surface area contributed by atoms with E-state index in [1.165, 1.54) is 17.6 Å². The highest BCUT2D eigenvalue weighted by atomic mass is 35.5. The van der Waals surface area contributed by atoms with Crippen LogP contribution in [0, 0.1) is 0 Å². The van der Waals surface area contributed by atoms with Crippen LogP contribution >= 0.6 is 46.6 Å². The zero-order valence-corrected chi connectivity index (χ0v) is 22.4. The highest BCUT2D eigenvalue weighted by Gasteiger charge is 2.34. The molecule has 0 aliphatic carbocycles. The summed E-state index contributed by atoms with van der Waals surface area (Å²) in [5.41, 5.74) is 2.60. The molecule has 9 heteroatoms. The molecule has 1 aliphatic rings. The molecule has 0 saturated carbocycles. The number of amides is 2. The number of carbonyl (C=O) groups excluding carboxylic acids is 2. The van der Waals surface area contributed by atoms with E-state index in [0.717, 1.165) is 23.7 Å². The summed E-state index contributed by atoms with van der Waals surface area (Å²) in [6, 6.07) is 18.6. The van der Waals surface area contributed by atoms with E-state index in [1.807, 2.05) is 30.3 Å². The first-order valence-electron chi connectivity index (χ1n) is 11.1. The summed E-state index contributed by atoms with van der Waals surface area (Å²) in [6.45, 7) is 0.566. The number of hydrogen-bond donors (Lipinski definition) is 0. The van der Waals surface area contributed by atoms with Crippen LogP contribution in [0.5, 0.6) is 11.5 Å². The van der Waals surface area contributed by atoms with E-state index in [-0.39, 0.29) is 17.8 Å². The van der Waals surface area contributed by atoms with Gasteiger partial charge in [0.15, 0.2) is 11.5 Å².